The molecule has 0 aliphatic heterocycles. The van der Waals surface area contributed by atoms with Crippen molar-refractivity contribution in [2.24, 2.45) is 7.05 Å². The van der Waals surface area contributed by atoms with Crippen LogP contribution in [0.3, 0.4) is 0 Å². The first-order valence-electron chi connectivity index (χ1n) is 9.24. The van der Waals surface area contributed by atoms with Crippen molar-refractivity contribution in [2.45, 2.75) is 26.7 Å². The monoisotopic (exact) mass is 360 g/mol. The van der Waals surface area contributed by atoms with E-state index in [-0.39, 0.29) is 0 Å². The van der Waals surface area contributed by atoms with Gasteiger partial charge in [0.25, 0.3) is 0 Å². The second kappa shape index (κ2) is 6.21. The topological polar surface area (TPSA) is 21.4 Å². The highest BCUT2D eigenvalue weighted by Gasteiger charge is 2.23. The van der Waals surface area contributed by atoms with Crippen molar-refractivity contribution in [3.63, 3.8) is 0 Å². The highest BCUT2D eigenvalue weighted by molar-refractivity contribution is 6.10. The van der Waals surface area contributed by atoms with Gasteiger partial charge in [0, 0.05) is 18.2 Å². The summed E-state index contributed by atoms with van der Waals surface area (Å²) >= 11 is 0. The van der Waals surface area contributed by atoms with Crippen LogP contribution in [0.4, 0.5) is 10.1 Å². The molecule has 0 amide bonds. The molecule has 4 heteroatoms. The molecular weight excluding hydrogens is 339 g/mol. The van der Waals surface area contributed by atoms with Gasteiger partial charge in [-0.2, -0.15) is 0 Å². The van der Waals surface area contributed by atoms with E-state index in [0.717, 1.165) is 21.9 Å². The Labute approximate surface area is 158 Å². The Balaban J connectivity index is 2.06. The van der Waals surface area contributed by atoms with Crippen molar-refractivity contribution in [1.29, 1.82) is 0 Å². The van der Waals surface area contributed by atoms with Crippen molar-refractivity contribution < 1.29 is 14.7 Å². The van der Waals surface area contributed by atoms with E-state index in [1.807, 2.05) is 36.7 Å². The number of pyridine rings is 1. The third-order valence-corrected chi connectivity index (χ3v) is 4.98. The van der Waals surface area contributed by atoms with Crippen LogP contribution in [-0.2, 0) is 7.05 Å². The minimum Gasteiger partial charge on any atom is -0.455 e. The van der Waals surface area contributed by atoms with Gasteiger partial charge in [-0.05, 0) is 30.5 Å². The molecule has 0 aliphatic rings. The Kier molecular flexibility index (Phi) is 3.68. The summed E-state index contributed by atoms with van der Waals surface area (Å²) in [5.41, 5.74) is 4.72. The number of hydrogen-bond donors (Lipinski definition) is 0. The third-order valence-electron chi connectivity index (χ3n) is 4.98. The molecule has 0 N–H and O–H groups in total. The zero-order valence-corrected chi connectivity index (χ0v) is 15.7. The SMILES string of the molecule is [2H]C(C)(C)c1c[n+](C)c(-c2c(C)ccc3c2oc2ccc([N+]#[C-])cc23)cc1F. The Morgan fingerprint density at radius 1 is 1.19 bits per heavy atom. The minimum absolute atomic E-state index is 0.342. The summed E-state index contributed by atoms with van der Waals surface area (Å²) in [5.74, 6) is -1.44. The summed E-state index contributed by atoms with van der Waals surface area (Å²) in [4.78, 5) is 3.50. The van der Waals surface area contributed by atoms with Gasteiger partial charge in [0.1, 0.15) is 24.0 Å². The molecule has 0 radical (unpaired) electrons. The van der Waals surface area contributed by atoms with E-state index in [0.29, 0.717) is 28.1 Å². The fourth-order valence-corrected chi connectivity index (χ4v) is 3.56. The molecule has 0 saturated heterocycles. The van der Waals surface area contributed by atoms with Gasteiger partial charge >= 0.3 is 0 Å². The number of aryl methyl sites for hydroxylation is 2. The van der Waals surface area contributed by atoms with E-state index in [4.69, 9.17) is 12.4 Å². The number of hydrogen-bond acceptors (Lipinski definition) is 1. The molecule has 2 aromatic heterocycles. The fraction of sp³-hybridized carbons (Fsp3) is 0.217. The number of nitrogens with zero attached hydrogens (tertiary/aromatic N) is 2. The second-order valence-corrected chi connectivity index (χ2v) is 7.06. The highest BCUT2D eigenvalue weighted by Crippen LogP contribution is 2.38. The van der Waals surface area contributed by atoms with Gasteiger partial charge in [-0.1, -0.05) is 32.0 Å². The van der Waals surface area contributed by atoms with Crippen molar-refractivity contribution >= 4 is 27.6 Å². The third kappa shape index (κ3) is 2.67. The number of furan rings is 1. The van der Waals surface area contributed by atoms with Crippen LogP contribution in [0.15, 0.2) is 47.0 Å². The number of benzene rings is 2. The summed E-state index contributed by atoms with van der Waals surface area (Å²) in [7, 11) is 1.85. The maximum absolute atomic E-state index is 14.8. The molecule has 0 fully saturated rings. The van der Waals surface area contributed by atoms with Crippen LogP contribution in [0, 0.1) is 19.3 Å². The number of rotatable bonds is 2. The van der Waals surface area contributed by atoms with Gasteiger partial charge in [-0.25, -0.2) is 13.8 Å². The van der Waals surface area contributed by atoms with E-state index in [9.17, 15) is 4.39 Å². The molecule has 2 aromatic carbocycles. The molecule has 0 spiro atoms. The predicted octanol–water partition coefficient (Wildman–Crippen LogP) is 6.20. The van der Waals surface area contributed by atoms with E-state index in [2.05, 4.69) is 4.85 Å². The summed E-state index contributed by atoms with van der Waals surface area (Å²) in [5, 5.41) is 1.77. The standard InChI is InChI=1S/C23H20FN2O/c1-13(2)18-12-26(5)20(11-19(18)24)22-14(3)6-8-16-17-10-15(25-4)7-9-21(17)27-23(16)22/h6-13H,1-3,5H3/q+1/i13D. The molecule has 27 heavy (non-hydrogen) atoms. The van der Waals surface area contributed by atoms with Gasteiger partial charge in [0.05, 0.1) is 17.7 Å². The van der Waals surface area contributed by atoms with Gasteiger partial charge in [-0.3, -0.25) is 0 Å². The molecule has 0 unspecified atom stereocenters. The van der Waals surface area contributed by atoms with Crippen molar-refractivity contribution in [3.8, 4) is 11.3 Å². The van der Waals surface area contributed by atoms with Crippen LogP contribution < -0.4 is 4.57 Å². The van der Waals surface area contributed by atoms with Crippen LogP contribution >= 0.6 is 0 Å². The summed E-state index contributed by atoms with van der Waals surface area (Å²) in [6.07, 6.45) is 1.68. The lowest BCUT2D eigenvalue weighted by Gasteiger charge is -2.09. The van der Waals surface area contributed by atoms with Gasteiger partial charge in [0.15, 0.2) is 11.9 Å². The van der Waals surface area contributed by atoms with E-state index >= 15 is 0 Å². The molecule has 0 saturated carbocycles. The molecule has 4 rings (SSSR count). The summed E-state index contributed by atoms with van der Waals surface area (Å²) in [6, 6.07) is 10.8. The highest BCUT2D eigenvalue weighted by atomic mass is 19.1. The Hall–Kier alpha value is -3.19. The zero-order valence-electron chi connectivity index (χ0n) is 16.7. The first-order chi connectivity index (χ1) is 13.2. The average molecular weight is 360 g/mol. The Morgan fingerprint density at radius 3 is 2.67 bits per heavy atom. The van der Waals surface area contributed by atoms with Crippen LogP contribution in [0.1, 0.15) is 32.2 Å². The first-order valence-corrected chi connectivity index (χ1v) is 8.74. The molecule has 2 heterocycles. The number of aromatic nitrogens is 1. The second-order valence-electron chi connectivity index (χ2n) is 7.06. The maximum atomic E-state index is 14.8. The maximum Gasteiger partial charge on any atom is 0.219 e. The first kappa shape index (κ1) is 16.0. The van der Waals surface area contributed by atoms with Crippen molar-refractivity contribution in [3.05, 3.63) is 71.0 Å². The molecule has 4 aromatic rings. The normalized spacial score (nSPS) is 12.4. The molecular formula is C23H20FN2O+. The lowest BCUT2D eigenvalue weighted by molar-refractivity contribution is -0.661. The Bertz CT molecular complexity index is 1290. The van der Waals surface area contributed by atoms with Crippen molar-refractivity contribution in [1.82, 2.24) is 0 Å². The largest absolute Gasteiger partial charge is 0.455 e. The molecule has 0 bridgehead atoms. The van der Waals surface area contributed by atoms with E-state index in [1.165, 1.54) is 6.07 Å². The quantitative estimate of drug-likeness (QED) is 0.308. The van der Waals surface area contributed by atoms with Gasteiger partial charge < -0.3 is 4.42 Å². The zero-order chi connectivity index (χ0) is 20.2. The molecule has 3 nitrogen and oxygen atoms in total. The average Bonchev–Trinajstić information content (AvgIpc) is 3.00. The summed E-state index contributed by atoms with van der Waals surface area (Å²) in [6.45, 7) is 12.6. The van der Waals surface area contributed by atoms with Gasteiger partial charge in [0.2, 0.25) is 5.69 Å². The van der Waals surface area contributed by atoms with Crippen molar-refractivity contribution in [2.75, 3.05) is 0 Å². The number of fused-ring (bicyclic) bond motifs is 3. The van der Waals surface area contributed by atoms with Crippen LogP contribution in [0.25, 0.3) is 38.0 Å². The molecule has 134 valence electrons. The molecule has 0 atom stereocenters. The Morgan fingerprint density at radius 2 is 1.96 bits per heavy atom. The lowest BCUT2D eigenvalue weighted by atomic mass is 9.98. The predicted molar refractivity (Wildman–Crippen MR) is 105 cm³/mol. The molecule has 0 aliphatic carbocycles. The summed E-state index contributed by atoms with van der Waals surface area (Å²) < 4.78 is 31.0. The van der Waals surface area contributed by atoms with E-state index < -0.39 is 11.7 Å². The van der Waals surface area contributed by atoms with Crippen LogP contribution in [-0.4, -0.2) is 0 Å². The fourth-order valence-electron chi connectivity index (χ4n) is 3.56. The van der Waals surface area contributed by atoms with Crippen LogP contribution in [0.5, 0.6) is 0 Å². The smallest absolute Gasteiger partial charge is 0.219 e. The van der Waals surface area contributed by atoms with Crippen LogP contribution in [0.2, 0.25) is 0 Å². The lowest BCUT2D eigenvalue weighted by Crippen LogP contribution is -2.32. The van der Waals surface area contributed by atoms with E-state index in [1.54, 1.807) is 32.2 Å². The minimum atomic E-state index is -1.03. The van der Waals surface area contributed by atoms with Gasteiger partial charge in [-0.15, -0.1) is 0 Å². The number of halogens is 1.